The molecule has 3 aromatic rings. The number of ether oxygens (including phenoxy) is 2. The van der Waals surface area contributed by atoms with Crippen molar-refractivity contribution in [2.75, 3.05) is 45.4 Å². The van der Waals surface area contributed by atoms with Crippen molar-refractivity contribution in [2.24, 2.45) is 0 Å². The van der Waals surface area contributed by atoms with Crippen LogP contribution in [0.25, 0.3) is 22.6 Å². The van der Waals surface area contributed by atoms with Crippen LogP contribution in [0.5, 0.6) is 5.75 Å². The molecule has 0 bridgehead atoms. The van der Waals surface area contributed by atoms with E-state index < -0.39 is 6.10 Å². The molecule has 1 aliphatic rings. The summed E-state index contributed by atoms with van der Waals surface area (Å²) in [5.41, 5.74) is 3.64. The molecule has 0 aliphatic carbocycles. The summed E-state index contributed by atoms with van der Waals surface area (Å²) in [6.07, 6.45) is 3.16. The summed E-state index contributed by atoms with van der Waals surface area (Å²) >= 11 is 0. The van der Waals surface area contributed by atoms with Gasteiger partial charge in [0.25, 0.3) is 0 Å². The second-order valence-corrected chi connectivity index (χ2v) is 8.63. The smallest absolute Gasteiger partial charge is 0.162 e. The van der Waals surface area contributed by atoms with Crippen LogP contribution >= 0.6 is 0 Å². The van der Waals surface area contributed by atoms with Crippen LogP contribution in [0.15, 0.2) is 48.7 Å². The maximum atomic E-state index is 9.97. The zero-order valence-electron chi connectivity index (χ0n) is 20.1. The number of benzene rings is 1. The van der Waals surface area contributed by atoms with Crippen molar-refractivity contribution in [3.63, 3.8) is 0 Å². The van der Waals surface area contributed by atoms with E-state index >= 15 is 0 Å². The standard InChI is InChI=1S/C26H33N5O3/c1-18-13-19(7-10-28-18)24-15-25(31(3)21-8-11-33-12-9-21)30-26(29-24)20-5-4-6-23(14-20)34-17-22(32)16-27-2/h4-7,10,13-15,21-22,27,32H,8-9,11-12,16-17H2,1-3H3. The first-order valence-corrected chi connectivity index (χ1v) is 11.7. The number of aromatic nitrogens is 3. The molecule has 1 atom stereocenters. The Morgan fingerprint density at radius 2 is 1.97 bits per heavy atom. The molecule has 180 valence electrons. The highest BCUT2D eigenvalue weighted by atomic mass is 16.5. The van der Waals surface area contributed by atoms with E-state index in [0.717, 1.165) is 54.4 Å². The average molecular weight is 464 g/mol. The molecule has 0 saturated carbocycles. The summed E-state index contributed by atoms with van der Waals surface area (Å²) in [6.45, 7) is 4.19. The molecule has 1 saturated heterocycles. The Labute approximate surface area is 201 Å². The van der Waals surface area contributed by atoms with Gasteiger partial charge in [-0.3, -0.25) is 4.98 Å². The molecule has 8 heteroatoms. The predicted molar refractivity (Wildman–Crippen MR) is 133 cm³/mol. The minimum absolute atomic E-state index is 0.208. The molecule has 0 radical (unpaired) electrons. The third-order valence-corrected chi connectivity index (χ3v) is 5.98. The molecule has 2 aromatic heterocycles. The second kappa shape index (κ2) is 11.4. The third kappa shape index (κ3) is 6.08. The first-order chi connectivity index (χ1) is 16.5. The largest absolute Gasteiger partial charge is 0.491 e. The van der Waals surface area contributed by atoms with Crippen molar-refractivity contribution in [3.8, 4) is 28.4 Å². The molecule has 34 heavy (non-hydrogen) atoms. The highest BCUT2D eigenvalue weighted by Crippen LogP contribution is 2.29. The predicted octanol–water partition coefficient (Wildman–Crippen LogP) is 3.09. The quantitative estimate of drug-likeness (QED) is 0.500. The normalized spacial score (nSPS) is 15.2. The number of nitrogens with zero attached hydrogens (tertiary/aromatic N) is 4. The van der Waals surface area contributed by atoms with Crippen LogP contribution in [0.1, 0.15) is 18.5 Å². The zero-order valence-corrected chi connectivity index (χ0v) is 20.1. The second-order valence-electron chi connectivity index (χ2n) is 8.63. The van der Waals surface area contributed by atoms with Gasteiger partial charge in [0.05, 0.1) is 5.69 Å². The number of hydrogen-bond donors (Lipinski definition) is 2. The van der Waals surface area contributed by atoms with Crippen LogP contribution in [-0.2, 0) is 4.74 Å². The summed E-state index contributed by atoms with van der Waals surface area (Å²) in [5, 5.41) is 12.9. The van der Waals surface area contributed by atoms with Gasteiger partial charge in [-0.2, -0.15) is 0 Å². The minimum Gasteiger partial charge on any atom is -0.491 e. The van der Waals surface area contributed by atoms with E-state index in [4.69, 9.17) is 19.4 Å². The van der Waals surface area contributed by atoms with Gasteiger partial charge < -0.3 is 24.8 Å². The number of anilines is 1. The Morgan fingerprint density at radius 1 is 1.15 bits per heavy atom. The number of aliphatic hydroxyl groups is 1. The van der Waals surface area contributed by atoms with Gasteiger partial charge >= 0.3 is 0 Å². The lowest BCUT2D eigenvalue weighted by molar-refractivity contribution is 0.0853. The van der Waals surface area contributed by atoms with Crippen molar-refractivity contribution in [3.05, 3.63) is 54.4 Å². The number of likely N-dealkylation sites (N-methyl/N-ethyl adjacent to an activating group) is 1. The number of rotatable bonds is 9. The average Bonchev–Trinajstić information content (AvgIpc) is 2.87. The van der Waals surface area contributed by atoms with Crippen LogP contribution in [0.4, 0.5) is 5.82 Å². The molecule has 1 aliphatic heterocycles. The first-order valence-electron chi connectivity index (χ1n) is 11.7. The number of aryl methyl sites for hydroxylation is 1. The first kappa shape index (κ1) is 24.1. The van der Waals surface area contributed by atoms with E-state index in [0.29, 0.717) is 24.2 Å². The van der Waals surface area contributed by atoms with Gasteiger partial charge in [0, 0.05) is 61.9 Å². The lowest BCUT2D eigenvalue weighted by atomic mass is 10.1. The molecule has 3 heterocycles. The van der Waals surface area contributed by atoms with E-state index in [1.807, 2.05) is 49.4 Å². The van der Waals surface area contributed by atoms with Gasteiger partial charge in [0.15, 0.2) is 5.82 Å². The van der Waals surface area contributed by atoms with E-state index in [1.165, 1.54) is 0 Å². The summed E-state index contributed by atoms with van der Waals surface area (Å²) < 4.78 is 11.4. The van der Waals surface area contributed by atoms with Gasteiger partial charge in [-0.05, 0) is 51.1 Å². The molecule has 1 fully saturated rings. The highest BCUT2D eigenvalue weighted by molar-refractivity contribution is 5.68. The summed E-state index contributed by atoms with van der Waals surface area (Å²) in [4.78, 5) is 16.4. The SMILES string of the molecule is CNCC(O)COc1cccc(-c2nc(-c3ccnc(C)c3)cc(N(C)C3CCOCC3)n2)c1. The van der Waals surface area contributed by atoms with Crippen molar-refractivity contribution < 1.29 is 14.6 Å². The van der Waals surface area contributed by atoms with Crippen LogP contribution in [-0.4, -0.2) is 72.7 Å². The lowest BCUT2D eigenvalue weighted by Gasteiger charge is -2.32. The van der Waals surface area contributed by atoms with Gasteiger partial charge in [-0.25, -0.2) is 9.97 Å². The van der Waals surface area contributed by atoms with E-state index in [9.17, 15) is 5.11 Å². The fourth-order valence-electron chi connectivity index (χ4n) is 4.07. The van der Waals surface area contributed by atoms with Crippen LogP contribution in [0, 0.1) is 6.92 Å². The molecule has 4 rings (SSSR count). The van der Waals surface area contributed by atoms with Crippen molar-refractivity contribution in [1.82, 2.24) is 20.3 Å². The Kier molecular flexibility index (Phi) is 8.05. The van der Waals surface area contributed by atoms with Gasteiger partial charge in [-0.15, -0.1) is 0 Å². The topological polar surface area (TPSA) is 92.6 Å². The zero-order chi connectivity index (χ0) is 23.9. The lowest BCUT2D eigenvalue weighted by Crippen LogP contribution is -2.37. The molecule has 1 aromatic carbocycles. The fourth-order valence-corrected chi connectivity index (χ4v) is 4.07. The van der Waals surface area contributed by atoms with Crippen LogP contribution in [0.2, 0.25) is 0 Å². The fraction of sp³-hybridized carbons (Fsp3) is 0.423. The highest BCUT2D eigenvalue weighted by Gasteiger charge is 2.21. The summed E-state index contributed by atoms with van der Waals surface area (Å²) in [5.74, 6) is 2.17. The van der Waals surface area contributed by atoms with Gasteiger partial charge in [0.1, 0.15) is 24.3 Å². The Hall–Kier alpha value is -3.07. The van der Waals surface area contributed by atoms with Crippen molar-refractivity contribution in [2.45, 2.75) is 31.9 Å². The van der Waals surface area contributed by atoms with Crippen LogP contribution < -0.4 is 15.0 Å². The molecule has 0 amide bonds. The minimum atomic E-state index is -0.581. The van der Waals surface area contributed by atoms with Crippen molar-refractivity contribution in [1.29, 1.82) is 0 Å². The Balaban J connectivity index is 1.68. The Bertz CT molecular complexity index is 1090. The van der Waals surface area contributed by atoms with Crippen LogP contribution in [0.3, 0.4) is 0 Å². The number of hydrogen-bond acceptors (Lipinski definition) is 8. The van der Waals surface area contributed by atoms with Gasteiger partial charge in [-0.1, -0.05) is 12.1 Å². The number of aliphatic hydroxyl groups excluding tert-OH is 1. The molecule has 1 unspecified atom stereocenters. The monoisotopic (exact) mass is 463 g/mol. The van der Waals surface area contributed by atoms with E-state index in [2.05, 4.69) is 22.2 Å². The van der Waals surface area contributed by atoms with Gasteiger partial charge in [0.2, 0.25) is 0 Å². The summed E-state index contributed by atoms with van der Waals surface area (Å²) in [7, 11) is 3.89. The van der Waals surface area contributed by atoms with Crippen molar-refractivity contribution >= 4 is 5.82 Å². The number of nitrogens with one attached hydrogen (secondary N) is 1. The molecule has 8 nitrogen and oxygen atoms in total. The number of pyridine rings is 1. The molecular formula is C26H33N5O3. The molecule has 0 spiro atoms. The maximum absolute atomic E-state index is 9.97. The molecule has 2 N–H and O–H groups in total. The van der Waals surface area contributed by atoms with E-state index in [-0.39, 0.29) is 6.61 Å². The molecular weight excluding hydrogens is 430 g/mol. The Morgan fingerprint density at radius 3 is 2.74 bits per heavy atom. The maximum Gasteiger partial charge on any atom is 0.162 e. The third-order valence-electron chi connectivity index (χ3n) is 5.98. The summed E-state index contributed by atoms with van der Waals surface area (Å²) in [6, 6.07) is 14.1. The van der Waals surface area contributed by atoms with E-state index in [1.54, 1.807) is 13.2 Å².